The molecular formula is C12H19ClN2O. The van der Waals surface area contributed by atoms with Gasteiger partial charge in [0.15, 0.2) is 0 Å². The zero-order valence-electron chi connectivity index (χ0n) is 10.2. The van der Waals surface area contributed by atoms with Crippen LogP contribution in [0.5, 0.6) is 0 Å². The fraction of sp³-hybridized carbons (Fsp3) is 0.583. The van der Waals surface area contributed by atoms with Gasteiger partial charge in [0, 0.05) is 31.8 Å². The fourth-order valence-corrected chi connectivity index (χ4v) is 1.75. The SMILES string of the molecule is CCN(CCOC)c1cc(CCl)cc(C)n1. The van der Waals surface area contributed by atoms with Crippen LogP contribution < -0.4 is 4.90 Å². The lowest BCUT2D eigenvalue weighted by atomic mass is 10.2. The van der Waals surface area contributed by atoms with Crippen molar-refractivity contribution in [2.75, 3.05) is 31.7 Å². The van der Waals surface area contributed by atoms with Gasteiger partial charge in [0.05, 0.1) is 6.61 Å². The molecule has 0 spiro atoms. The second-order valence-electron chi connectivity index (χ2n) is 3.68. The van der Waals surface area contributed by atoms with Crippen LogP contribution in [0.2, 0.25) is 0 Å². The minimum Gasteiger partial charge on any atom is -0.383 e. The van der Waals surface area contributed by atoms with E-state index < -0.39 is 0 Å². The van der Waals surface area contributed by atoms with Crippen molar-refractivity contribution < 1.29 is 4.74 Å². The molecule has 1 rings (SSSR count). The maximum atomic E-state index is 5.85. The number of hydrogen-bond donors (Lipinski definition) is 0. The fourth-order valence-electron chi connectivity index (χ4n) is 1.60. The highest BCUT2D eigenvalue weighted by atomic mass is 35.5. The highest BCUT2D eigenvalue weighted by Gasteiger charge is 2.07. The molecular weight excluding hydrogens is 224 g/mol. The van der Waals surface area contributed by atoms with E-state index in [1.807, 2.05) is 19.1 Å². The summed E-state index contributed by atoms with van der Waals surface area (Å²) in [7, 11) is 1.71. The predicted molar refractivity (Wildman–Crippen MR) is 68.3 cm³/mol. The van der Waals surface area contributed by atoms with Gasteiger partial charge in [0.2, 0.25) is 0 Å². The van der Waals surface area contributed by atoms with E-state index in [0.29, 0.717) is 12.5 Å². The van der Waals surface area contributed by atoms with Crippen LogP contribution in [0.4, 0.5) is 5.82 Å². The van der Waals surface area contributed by atoms with Crippen molar-refractivity contribution in [3.8, 4) is 0 Å². The third-order valence-electron chi connectivity index (χ3n) is 2.43. The molecule has 1 heterocycles. The first-order chi connectivity index (χ1) is 7.71. The van der Waals surface area contributed by atoms with Gasteiger partial charge >= 0.3 is 0 Å². The molecule has 1 aromatic rings. The van der Waals surface area contributed by atoms with Crippen LogP contribution in [-0.4, -0.2) is 31.8 Å². The lowest BCUT2D eigenvalue weighted by Crippen LogP contribution is -2.27. The molecule has 0 saturated heterocycles. The number of pyridine rings is 1. The first-order valence-corrected chi connectivity index (χ1v) is 6.02. The lowest BCUT2D eigenvalue weighted by Gasteiger charge is -2.22. The summed E-state index contributed by atoms with van der Waals surface area (Å²) in [5.74, 6) is 1.51. The molecule has 0 bridgehead atoms. The molecule has 0 aliphatic carbocycles. The van der Waals surface area contributed by atoms with Gasteiger partial charge in [-0.1, -0.05) is 0 Å². The number of alkyl halides is 1. The van der Waals surface area contributed by atoms with Gasteiger partial charge in [-0.3, -0.25) is 0 Å². The van der Waals surface area contributed by atoms with Crippen LogP contribution in [0, 0.1) is 6.92 Å². The molecule has 0 unspecified atom stereocenters. The van der Waals surface area contributed by atoms with Gasteiger partial charge in [-0.05, 0) is 31.5 Å². The van der Waals surface area contributed by atoms with Gasteiger partial charge < -0.3 is 9.64 Å². The van der Waals surface area contributed by atoms with Gasteiger partial charge in [0.1, 0.15) is 5.82 Å². The number of halogens is 1. The standard InChI is InChI=1S/C12H19ClN2O/c1-4-15(5-6-16-3)12-8-11(9-13)7-10(2)14-12/h7-8H,4-6,9H2,1-3H3. The molecule has 0 radical (unpaired) electrons. The maximum absolute atomic E-state index is 5.85. The molecule has 0 atom stereocenters. The van der Waals surface area contributed by atoms with Crippen LogP contribution in [0.25, 0.3) is 0 Å². The van der Waals surface area contributed by atoms with E-state index in [2.05, 4.69) is 16.8 Å². The summed E-state index contributed by atoms with van der Waals surface area (Å²) < 4.78 is 5.09. The van der Waals surface area contributed by atoms with E-state index in [0.717, 1.165) is 30.2 Å². The molecule has 3 nitrogen and oxygen atoms in total. The molecule has 0 aliphatic heterocycles. The second-order valence-corrected chi connectivity index (χ2v) is 3.95. The van der Waals surface area contributed by atoms with E-state index >= 15 is 0 Å². The summed E-state index contributed by atoms with van der Waals surface area (Å²) in [6, 6.07) is 4.06. The maximum Gasteiger partial charge on any atom is 0.129 e. The molecule has 4 heteroatoms. The number of likely N-dealkylation sites (N-methyl/N-ethyl adjacent to an activating group) is 1. The molecule has 0 amide bonds. The molecule has 0 fully saturated rings. The number of nitrogens with zero attached hydrogens (tertiary/aromatic N) is 2. The summed E-state index contributed by atoms with van der Waals surface area (Å²) in [6.45, 7) is 6.58. The monoisotopic (exact) mass is 242 g/mol. The number of aromatic nitrogens is 1. The van der Waals surface area contributed by atoms with Crippen molar-refractivity contribution in [1.82, 2.24) is 4.98 Å². The number of ether oxygens (including phenoxy) is 1. The van der Waals surface area contributed by atoms with Crippen LogP contribution in [0.1, 0.15) is 18.2 Å². The Bertz CT molecular complexity index is 331. The number of aryl methyl sites for hydroxylation is 1. The first-order valence-electron chi connectivity index (χ1n) is 5.48. The van der Waals surface area contributed by atoms with Gasteiger partial charge in [-0.2, -0.15) is 0 Å². The van der Waals surface area contributed by atoms with E-state index in [1.165, 1.54) is 0 Å². The Labute approximate surface area is 102 Å². The molecule has 0 saturated carbocycles. The van der Waals surface area contributed by atoms with Crippen LogP contribution >= 0.6 is 11.6 Å². The Hall–Kier alpha value is -0.800. The first kappa shape index (κ1) is 13.3. The van der Waals surface area contributed by atoms with Crippen molar-refractivity contribution in [3.05, 3.63) is 23.4 Å². The number of methoxy groups -OCH3 is 1. The largest absolute Gasteiger partial charge is 0.383 e. The minimum absolute atomic E-state index is 0.526. The molecule has 0 N–H and O–H groups in total. The topological polar surface area (TPSA) is 25.4 Å². The predicted octanol–water partition coefficient (Wildman–Crippen LogP) is 2.60. The lowest BCUT2D eigenvalue weighted by molar-refractivity contribution is 0.205. The van der Waals surface area contributed by atoms with E-state index in [9.17, 15) is 0 Å². The Morgan fingerprint density at radius 2 is 2.19 bits per heavy atom. The van der Waals surface area contributed by atoms with Crippen LogP contribution in [0.15, 0.2) is 12.1 Å². The Morgan fingerprint density at radius 3 is 2.75 bits per heavy atom. The molecule has 90 valence electrons. The van der Waals surface area contributed by atoms with Gasteiger partial charge in [-0.15, -0.1) is 11.6 Å². The van der Waals surface area contributed by atoms with Crippen LogP contribution in [-0.2, 0) is 10.6 Å². The third-order valence-corrected chi connectivity index (χ3v) is 2.73. The van der Waals surface area contributed by atoms with Crippen molar-refractivity contribution in [2.24, 2.45) is 0 Å². The molecule has 16 heavy (non-hydrogen) atoms. The quantitative estimate of drug-likeness (QED) is 0.717. The van der Waals surface area contributed by atoms with E-state index in [4.69, 9.17) is 16.3 Å². The van der Waals surface area contributed by atoms with Gasteiger partial charge in [-0.25, -0.2) is 4.98 Å². The number of rotatable bonds is 6. The van der Waals surface area contributed by atoms with E-state index in [1.54, 1.807) is 7.11 Å². The summed E-state index contributed by atoms with van der Waals surface area (Å²) >= 11 is 5.85. The Kier molecular flexibility index (Phi) is 5.56. The summed E-state index contributed by atoms with van der Waals surface area (Å²) in [4.78, 5) is 6.70. The minimum atomic E-state index is 0.526. The van der Waals surface area contributed by atoms with Crippen molar-refractivity contribution in [2.45, 2.75) is 19.7 Å². The zero-order chi connectivity index (χ0) is 12.0. The number of hydrogen-bond acceptors (Lipinski definition) is 3. The highest BCUT2D eigenvalue weighted by Crippen LogP contribution is 2.16. The average molecular weight is 243 g/mol. The van der Waals surface area contributed by atoms with Crippen molar-refractivity contribution >= 4 is 17.4 Å². The average Bonchev–Trinajstić information content (AvgIpc) is 2.29. The van der Waals surface area contributed by atoms with Crippen LogP contribution in [0.3, 0.4) is 0 Å². The second kappa shape index (κ2) is 6.71. The van der Waals surface area contributed by atoms with E-state index in [-0.39, 0.29) is 0 Å². The normalized spacial score (nSPS) is 10.5. The molecule has 0 aliphatic rings. The zero-order valence-corrected chi connectivity index (χ0v) is 10.9. The Balaban J connectivity index is 2.86. The molecule has 0 aromatic carbocycles. The number of anilines is 1. The van der Waals surface area contributed by atoms with Gasteiger partial charge in [0.25, 0.3) is 0 Å². The third kappa shape index (κ3) is 3.65. The smallest absolute Gasteiger partial charge is 0.129 e. The van der Waals surface area contributed by atoms with Crippen molar-refractivity contribution in [3.63, 3.8) is 0 Å². The van der Waals surface area contributed by atoms with Crippen molar-refractivity contribution in [1.29, 1.82) is 0 Å². The summed E-state index contributed by atoms with van der Waals surface area (Å²) in [5.41, 5.74) is 2.11. The summed E-state index contributed by atoms with van der Waals surface area (Å²) in [6.07, 6.45) is 0. The molecule has 1 aromatic heterocycles. The summed E-state index contributed by atoms with van der Waals surface area (Å²) in [5, 5.41) is 0. The Morgan fingerprint density at radius 1 is 1.44 bits per heavy atom. The highest BCUT2D eigenvalue weighted by molar-refractivity contribution is 6.17.